The van der Waals surface area contributed by atoms with Crippen molar-refractivity contribution in [2.45, 2.75) is 58.5 Å². The summed E-state index contributed by atoms with van der Waals surface area (Å²) in [6.07, 6.45) is 3.83. The van der Waals surface area contributed by atoms with E-state index in [9.17, 15) is 9.59 Å². The number of carbonyl (C=O) groups is 1. The van der Waals surface area contributed by atoms with Gasteiger partial charge in [-0.05, 0) is 67.1 Å². The van der Waals surface area contributed by atoms with Crippen molar-refractivity contribution in [2.24, 2.45) is 0 Å². The number of nitrogens with one attached hydrogen (secondary N) is 1. The maximum absolute atomic E-state index is 13.8. The summed E-state index contributed by atoms with van der Waals surface area (Å²) < 4.78 is 1.66. The fourth-order valence-corrected chi connectivity index (χ4v) is 6.16. The lowest BCUT2D eigenvalue weighted by molar-refractivity contribution is -0.113. The highest BCUT2D eigenvalue weighted by atomic mass is 32.2. The van der Waals surface area contributed by atoms with E-state index in [0.717, 1.165) is 47.5 Å². The molecule has 0 aliphatic rings. The molecule has 0 unspecified atom stereocenters. The minimum Gasteiger partial charge on any atom is -0.325 e. The third kappa shape index (κ3) is 5.52. The Morgan fingerprint density at radius 1 is 1.00 bits per heavy atom. The summed E-state index contributed by atoms with van der Waals surface area (Å²) >= 11 is 2.88. The first-order valence-corrected chi connectivity index (χ1v) is 13.9. The molecule has 1 N–H and O–H groups in total. The minimum absolute atomic E-state index is 0.0755. The normalized spacial score (nSPS) is 11.2. The largest absolute Gasteiger partial charge is 0.325 e. The minimum atomic E-state index is -0.129. The molecule has 0 aliphatic heterocycles. The van der Waals surface area contributed by atoms with Gasteiger partial charge in [-0.25, -0.2) is 4.98 Å². The number of hydrogen-bond acceptors (Lipinski definition) is 5. The number of carbonyl (C=O) groups excluding carboxylic acids is 1. The van der Waals surface area contributed by atoms with E-state index in [1.54, 1.807) is 15.9 Å². The Morgan fingerprint density at radius 3 is 2.23 bits per heavy atom. The Hall–Kier alpha value is -2.90. The molecule has 0 bridgehead atoms. The number of thiophene rings is 1. The molecule has 2 heterocycles. The van der Waals surface area contributed by atoms with E-state index in [4.69, 9.17) is 4.98 Å². The van der Waals surface area contributed by atoms with Crippen LogP contribution in [0, 0.1) is 6.92 Å². The molecule has 0 atom stereocenters. The van der Waals surface area contributed by atoms with Crippen molar-refractivity contribution in [3.05, 3.63) is 80.5 Å². The average molecular weight is 506 g/mol. The van der Waals surface area contributed by atoms with Crippen LogP contribution in [-0.4, -0.2) is 21.2 Å². The number of benzene rings is 2. The van der Waals surface area contributed by atoms with Crippen LogP contribution in [0.3, 0.4) is 0 Å². The van der Waals surface area contributed by atoms with Crippen molar-refractivity contribution in [2.75, 3.05) is 11.1 Å². The van der Waals surface area contributed by atoms with Gasteiger partial charge in [0, 0.05) is 10.6 Å². The van der Waals surface area contributed by atoms with Gasteiger partial charge >= 0.3 is 0 Å². The van der Waals surface area contributed by atoms with E-state index in [0.29, 0.717) is 10.5 Å². The number of fused-ring (bicyclic) bond motifs is 1. The highest BCUT2D eigenvalue weighted by Crippen LogP contribution is 2.31. The van der Waals surface area contributed by atoms with Gasteiger partial charge in [-0.2, -0.15) is 0 Å². The quantitative estimate of drug-likeness (QED) is 0.207. The number of aromatic nitrogens is 2. The van der Waals surface area contributed by atoms with Gasteiger partial charge in [-0.1, -0.05) is 63.2 Å². The Labute approximate surface area is 214 Å². The second kappa shape index (κ2) is 11.2. The number of aryl methyl sites for hydroxylation is 4. The Balaban J connectivity index is 1.68. The van der Waals surface area contributed by atoms with Gasteiger partial charge in [0.05, 0.1) is 16.8 Å². The number of rotatable bonds is 9. The van der Waals surface area contributed by atoms with E-state index in [2.05, 4.69) is 26.1 Å². The lowest BCUT2D eigenvalue weighted by Crippen LogP contribution is -2.23. The molecule has 0 spiro atoms. The third-order valence-electron chi connectivity index (χ3n) is 6.09. The second-order valence-electron chi connectivity index (χ2n) is 8.52. The van der Waals surface area contributed by atoms with E-state index < -0.39 is 0 Å². The first-order valence-electron chi connectivity index (χ1n) is 12.1. The molecule has 1 amide bonds. The monoisotopic (exact) mass is 505 g/mol. The molecule has 2 aromatic carbocycles. The average Bonchev–Trinajstić information content (AvgIpc) is 3.18. The third-order valence-corrected chi connectivity index (χ3v) is 8.27. The van der Waals surface area contributed by atoms with Gasteiger partial charge < -0.3 is 5.32 Å². The Kier molecular flexibility index (Phi) is 8.08. The molecule has 4 aromatic rings. The maximum Gasteiger partial charge on any atom is 0.267 e. The Bertz CT molecular complexity index is 1390. The fourth-order valence-electron chi connectivity index (χ4n) is 4.03. The summed E-state index contributed by atoms with van der Waals surface area (Å²) in [6.45, 7) is 8.36. The zero-order chi connectivity index (χ0) is 24.9. The van der Waals surface area contributed by atoms with Crippen molar-refractivity contribution < 1.29 is 4.79 Å². The Morgan fingerprint density at radius 2 is 1.63 bits per heavy atom. The van der Waals surface area contributed by atoms with Crippen LogP contribution in [0.25, 0.3) is 15.9 Å². The summed E-state index contributed by atoms with van der Waals surface area (Å²) in [5.74, 6) is 0.0303. The van der Waals surface area contributed by atoms with Crippen LogP contribution in [0.5, 0.6) is 0 Å². The van der Waals surface area contributed by atoms with Crippen molar-refractivity contribution in [1.29, 1.82) is 0 Å². The number of hydrogen-bond donors (Lipinski definition) is 1. The van der Waals surface area contributed by atoms with Crippen LogP contribution < -0.4 is 10.9 Å². The number of anilines is 1. The molecule has 182 valence electrons. The smallest absolute Gasteiger partial charge is 0.267 e. The van der Waals surface area contributed by atoms with Crippen molar-refractivity contribution in [1.82, 2.24) is 9.55 Å². The summed E-state index contributed by atoms with van der Waals surface area (Å²) in [7, 11) is 0. The van der Waals surface area contributed by atoms with Gasteiger partial charge in [0.15, 0.2) is 5.16 Å². The SMILES string of the molecule is CCCc1sc2nc(SCC(=O)Nc3ccc(CC)cc3)n(-c3ccc(CC)cc3)c(=O)c2c1C. The van der Waals surface area contributed by atoms with Crippen LogP contribution in [0.1, 0.15) is 48.8 Å². The molecule has 35 heavy (non-hydrogen) atoms. The zero-order valence-electron chi connectivity index (χ0n) is 20.7. The van der Waals surface area contributed by atoms with Gasteiger partial charge in [0.1, 0.15) is 4.83 Å². The summed E-state index contributed by atoms with van der Waals surface area (Å²) in [4.78, 5) is 33.3. The first-order chi connectivity index (χ1) is 16.9. The number of nitrogens with zero attached hydrogens (tertiary/aromatic N) is 2. The van der Waals surface area contributed by atoms with Crippen molar-refractivity contribution in [3.8, 4) is 5.69 Å². The van der Waals surface area contributed by atoms with E-state index in [1.165, 1.54) is 27.8 Å². The molecule has 4 rings (SSSR count). The molecule has 0 aliphatic carbocycles. The molecule has 5 nitrogen and oxygen atoms in total. The molecule has 0 saturated heterocycles. The maximum atomic E-state index is 13.8. The lowest BCUT2D eigenvalue weighted by Gasteiger charge is -2.13. The van der Waals surface area contributed by atoms with Gasteiger partial charge in [-0.15, -0.1) is 11.3 Å². The number of thioether (sulfide) groups is 1. The zero-order valence-corrected chi connectivity index (χ0v) is 22.3. The summed E-state index contributed by atoms with van der Waals surface area (Å²) in [6, 6.07) is 15.9. The second-order valence-corrected chi connectivity index (χ2v) is 10.5. The van der Waals surface area contributed by atoms with Gasteiger partial charge in [0.25, 0.3) is 5.56 Å². The molecule has 7 heteroatoms. The fraction of sp³-hybridized carbons (Fsp3) is 0.321. The van der Waals surface area contributed by atoms with Crippen molar-refractivity contribution in [3.63, 3.8) is 0 Å². The standard InChI is InChI=1S/C28H31N3O2S2/c1-5-8-23-18(4)25-26(35-23)30-28(31(27(25)33)22-15-11-20(7-3)12-16-22)34-17-24(32)29-21-13-9-19(6-2)10-14-21/h9-16H,5-8,17H2,1-4H3,(H,29,32). The predicted octanol–water partition coefficient (Wildman–Crippen LogP) is 6.56. The highest BCUT2D eigenvalue weighted by molar-refractivity contribution is 7.99. The molecular weight excluding hydrogens is 474 g/mol. The summed E-state index contributed by atoms with van der Waals surface area (Å²) in [5.41, 5.74) is 4.91. The summed E-state index contributed by atoms with van der Waals surface area (Å²) in [5, 5.41) is 4.17. The van der Waals surface area contributed by atoms with E-state index >= 15 is 0 Å². The van der Waals surface area contributed by atoms with Crippen LogP contribution in [0.15, 0.2) is 58.5 Å². The van der Waals surface area contributed by atoms with E-state index in [-0.39, 0.29) is 17.2 Å². The van der Waals surface area contributed by atoms with Gasteiger partial charge in [-0.3, -0.25) is 14.2 Å². The molecule has 0 radical (unpaired) electrons. The molecular formula is C28H31N3O2S2. The lowest BCUT2D eigenvalue weighted by atomic mass is 10.1. The van der Waals surface area contributed by atoms with E-state index in [1.807, 2.05) is 55.5 Å². The van der Waals surface area contributed by atoms with Crippen LogP contribution in [0.2, 0.25) is 0 Å². The molecule has 0 fully saturated rings. The number of amides is 1. The topological polar surface area (TPSA) is 64.0 Å². The van der Waals surface area contributed by atoms with Crippen LogP contribution in [0.4, 0.5) is 5.69 Å². The first kappa shape index (κ1) is 25.2. The van der Waals surface area contributed by atoms with Crippen LogP contribution >= 0.6 is 23.1 Å². The van der Waals surface area contributed by atoms with Crippen molar-refractivity contribution >= 4 is 44.9 Å². The molecule has 2 aromatic heterocycles. The molecule has 0 saturated carbocycles. The highest BCUT2D eigenvalue weighted by Gasteiger charge is 2.20. The van der Waals surface area contributed by atoms with Crippen LogP contribution in [-0.2, 0) is 24.1 Å². The predicted molar refractivity (Wildman–Crippen MR) is 149 cm³/mol. The van der Waals surface area contributed by atoms with Gasteiger partial charge in [0.2, 0.25) is 5.91 Å².